The van der Waals surface area contributed by atoms with Crippen LogP contribution in [0.2, 0.25) is 0 Å². The minimum absolute atomic E-state index is 0.131. The van der Waals surface area contributed by atoms with Gasteiger partial charge in [0.05, 0.1) is 22.4 Å². The summed E-state index contributed by atoms with van der Waals surface area (Å²) in [4.78, 5) is 0.313. The fourth-order valence-corrected chi connectivity index (χ4v) is 3.23. The maximum absolute atomic E-state index is 12.1. The van der Waals surface area contributed by atoms with Crippen molar-refractivity contribution in [3.05, 3.63) is 24.3 Å². The summed E-state index contributed by atoms with van der Waals surface area (Å²) in [5.74, 6) is 0.269. The van der Waals surface area contributed by atoms with Crippen LogP contribution in [-0.2, 0) is 9.84 Å². The lowest BCUT2D eigenvalue weighted by Gasteiger charge is -2.17. The van der Waals surface area contributed by atoms with Crippen molar-refractivity contribution < 1.29 is 13.5 Å². The summed E-state index contributed by atoms with van der Waals surface area (Å²) < 4.78 is 24.3. The fraction of sp³-hybridized carbons (Fsp3) is 0.571. The highest BCUT2D eigenvalue weighted by Gasteiger charge is 2.18. The number of sulfone groups is 1. The molecule has 0 saturated heterocycles. The van der Waals surface area contributed by atoms with Gasteiger partial charge in [-0.1, -0.05) is 32.9 Å². The number of nitrogens with one attached hydrogen (secondary N) is 1. The third-order valence-corrected chi connectivity index (χ3v) is 4.94. The van der Waals surface area contributed by atoms with Gasteiger partial charge in [0.2, 0.25) is 0 Å². The van der Waals surface area contributed by atoms with E-state index in [2.05, 4.69) is 5.32 Å². The Balaban J connectivity index is 2.91. The molecule has 0 heterocycles. The average molecular weight is 285 g/mol. The molecule has 1 aromatic carbocycles. The van der Waals surface area contributed by atoms with Crippen molar-refractivity contribution in [2.24, 2.45) is 5.92 Å². The number of aliphatic hydroxyl groups is 1. The lowest BCUT2D eigenvalue weighted by atomic mass is 10.1. The van der Waals surface area contributed by atoms with Crippen LogP contribution in [0.15, 0.2) is 29.2 Å². The molecule has 0 aromatic heterocycles. The Bertz CT molecular complexity index is 497. The quantitative estimate of drug-likeness (QED) is 0.806. The van der Waals surface area contributed by atoms with Gasteiger partial charge in [0.25, 0.3) is 0 Å². The van der Waals surface area contributed by atoms with E-state index in [-0.39, 0.29) is 11.7 Å². The normalized spacial score (nSPS) is 13.5. The van der Waals surface area contributed by atoms with Crippen molar-refractivity contribution in [3.63, 3.8) is 0 Å². The minimum atomic E-state index is -3.25. The van der Waals surface area contributed by atoms with E-state index in [1.165, 1.54) is 0 Å². The standard InChI is InChI=1S/C14H23NO3S/c1-4-9-19(17,18)14-8-6-5-7-12(14)15-10-13(16)11(2)3/h5-8,11,13,15-16H,4,9-10H2,1-3H3. The number of rotatable bonds is 7. The molecule has 108 valence electrons. The molecule has 0 amide bonds. The second-order valence-corrected chi connectivity index (χ2v) is 7.08. The first-order valence-electron chi connectivity index (χ1n) is 6.62. The summed E-state index contributed by atoms with van der Waals surface area (Å²) in [7, 11) is -3.25. The Kier molecular flexibility index (Phi) is 5.82. The topological polar surface area (TPSA) is 66.4 Å². The molecule has 1 unspecified atom stereocenters. The van der Waals surface area contributed by atoms with Crippen LogP contribution in [-0.4, -0.2) is 31.9 Å². The van der Waals surface area contributed by atoms with E-state index in [0.29, 0.717) is 23.5 Å². The fourth-order valence-electron chi connectivity index (χ4n) is 1.71. The predicted octanol–water partition coefficient (Wildman–Crippen LogP) is 2.30. The van der Waals surface area contributed by atoms with Gasteiger partial charge in [0.1, 0.15) is 0 Å². The Morgan fingerprint density at radius 1 is 1.26 bits per heavy atom. The molecular weight excluding hydrogens is 262 g/mol. The van der Waals surface area contributed by atoms with Crippen molar-refractivity contribution in [1.29, 1.82) is 0 Å². The monoisotopic (exact) mass is 285 g/mol. The molecule has 0 bridgehead atoms. The number of aliphatic hydroxyl groups excluding tert-OH is 1. The maximum atomic E-state index is 12.1. The molecule has 1 aromatic rings. The molecule has 5 heteroatoms. The van der Waals surface area contributed by atoms with E-state index in [1.807, 2.05) is 20.8 Å². The minimum Gasteiger partial charge on any atom is -0.391 e. The summed E-state index contributed by atoms with van der Waals surface area (Å²) in [6.07, 6.45) is 0.0904. The third-order valence-electron chi connectivity index (χ3n) is 2.97. The lowest BCUT2D eigenvalue weighted by Crippen LogP contribution is -2.25. The number of benzene rings is 1. The van der Waals surface area contributed by atoms with Gasteiger partial charge in [-0.3, -0.25) is 0 Å². The molecule has 0 spiro atoms. The zero-order valence-corrected chi connectivity index (χ0v) is 12.6. The van der Waals surface area contributed by atoms with Gasteiger partial charge in [0, 0.05) is 6.54 Å². The zero-order chi connectivity index (χ0) is 14.5. The lowest BCUT2D eigenvalue weighted by molar-refractivity contribution is 0.138. The Morgan fingerprint density at radius 2 is 1.89 bits per heavy atom. The van der Waals surface area contributed by atoms with Gasteiger partial charge in [0.15, 0.2) is 9.84 Å². The SMILES string of the molecule is CCCS(=O)(=O)c1ccccc1NCC(O)C(C)C. The molecule has 0 saturated carbocycles. The van der Waals surface area contributed by atoms with Crippen LogP contribution in [0.25, 0.3) is 0 Å². The second-order valence-electron chi connectivity index (χ2n) is 5.01. The highest BCUT2D eigenvalue weighted by atomic mass is 32.2. The average Bonchev–Trinajstić information content (AvgIpc) is 2.36. The molecule has 0 aliphatic carbocycles. The van der Waals surface area contributed by atoms with Crippen molar-refractivity contribution in [3.8, 4) is 0 Å². The number of para-hydroxylation sites is 1. The summed E-state index contributed by atoms with van der Waals surface area (Å²) in [5, 5.41) is 12.8. The summed E-state index contributed by atoms with van der Waals surface area (Å²) >= 11 is 0. The van der Waals surface area contributed by atoms with Gasteiger partial charge in [-0.15, -0.1) is 0 Å². The van der Waals surface area contributed by atoms with Crippen LogP contribution in [0, 0.1) is 5.92 Å². The van der Waals surface area contributed by atoms with Crippen LogP contribution in [0.1, 0.15) is 27.2 Å². The van der Waals surface area contributed by atoms with E-state index < -0.39 is 15.9 Å². The van der Waals surface area contributed by atoms with Crippen LogP contribution < -0.4 is 5.32 Å². The highest BCUT2D eigenvalue weighted by Crippen LogP contribution is 2.22. The van der Waals surface area contributed by atoms with Gasteiger partial charge >= 0.3 is 0 Å². The van der Waals surface area contributed by atoms with Crippen molar-refractivity contribution >= 4 is 15.5 Å². The molecule has 0 aliphatic rings. The number of hydrogen-bond acceptors (Lipinski definition) is 4. The van der Waals surface area contributed by atoms with E-state index in [0.717, 1.165) is 0 Å². The molecule has 2 N–H and O–H groups in total. The summed E-state index contributed by atoms with van der Waals surface area (Å²) in [6, 6.07) is 6.84. The van der Waals surface area contributed by atoms with E-state index >= 15 is 0 Å². The van der Waals surface area contributed by atoms with Crippen LogP contribution in [0.3, 0.4) is 0 Å². The number of hydrogen-bond donors (Lipinski definition) is 2. The Labute approximate surface area is 115 Å². The first-order chi connectivity index (χ1) is 8.88. The maximum Gasteiger partial charge on any atom is 0.180 e. The summed E-state index contributed by atoms with van der Waals surface area (Å²) in [6.45, 7) is 6.03. The molecule has 0 fully saturated rings. The first-order valence-corrected chi connectivity index (χ1v) is 8.27. The third kappa shape index (κ3) is 4.51. The first kappa shape index (κ1) is 16.0. The molecule has 1 atom stereocenters. The van der Waals surface area contributed by atoms with Crippen LogP contribution in [0.4, 0.5) is 5.69 Å². The van der Waals surface area contributed by atoms with Crippen molar-refractivity contribution in [2.45, 2.75) is 38.2 Å². The van der Waals surface area contributed by atoms with Gasteiger partial charge < -0.3 is 10.4 Å². The van der Waals surface area contributed by atoms with E-state index in [4.69, 9.17) is 0 Å². The highest BCUT2D eigenvalue weighted by molar-refractivity contribution is 7.91. The van der Waals surface area contributed by atoms with E-state index in [9.17, 15) is 13.5 Å². The van der Waals surface area contributed by atoms with Gasteiger partial charge in [-0.2, -0.15) is 0 Å². The molecular formula is C14H23NO3S. The number of anilines is 1. The molecule has 0 aliphatic heterocycles. The molecule has 19 heavy (non-hydrogen) atoms. The van der Waals surface area contributed by atoms with Crippen LogP contribution in [0.5, 0.6) is 0 Å². The predicted molar refractivity (Wildman–Crippen MR) is 78.1 cm³/mol. The second kappa shape index (κ2) is 6.91. The molecule has 4 nitrogen and oxygen atoms in total. The Morgan fingerprint density at radius 3 is 2.47 bits per heavy atom. The van der Waals surface area contributed by atoms with Crippen molar-refractivity contribution in [2.75, 3.05) is 17.6 Å². The van der Waals surface area contributed by atoms with Crippen molar-refractivity contribution in [1.82, 2.24) is 0 Å². The smallest absolute Gasteiger partial charge is 0.180 e. The summed E-state index contributed by atoms with van der Waals surface area (Å²) in [5.41, 5.74) is 0.565. The molecule has 1 rings (SSSR count). The van der Waals surface area contributed by atoms with Crippen LogP contribution >= 0.6 is 0 Å². The largest absolute Gasteiger partial charge is 0.391 e. The molecule has 0 radical (unpaired) electrons. The van der Waals surface area contributed by atoms with Gasteiger partial charge in [-0.25, -0.2) is 8.42 Å². The zero-order valence-electron chi connectivity index (χ0n) is 11.8. The van der Waals surface area contributed by atoms with E-state index in [1.54, 1.807) is 24.3 Å². The Hall–Kier alpha value is -1.07. The van der Waals surface area contributed by atoms with Gasteiger partial charge in [-0.05, 0) is 24.5 Å².